The minimum absolute atomic E-state index is 0.147. The summed E-state index contributed by atoms with van der Waals surface area (Å²) in [6.45, 7) is -0.521. The number of benzene rings is 2. The Morgan fingerprint density at radius 2 is 1.50 bits per heavy atom. The Bertz CT molecular complexity index is 974. The molecule has 1 N–H and O–H groups in total. The van der Waals surface area contributed by atoms with E-state index in [4.69, 9.17) is 5.11 Å². The number of amides is 1. The van der Waals surface area contributed by atoms with Crippen molar-refractivity contribution in [3.63, 3.8) is 0 Å². The van der Waals surface area contributed by atoms with E-state index in [2.05, 4.69) is 0 Å². The fourth-order valence-corrected chi connectivity index (χ4v) is 4.62. The summed E-state index contributed by atoms with van der Waals surface area (Å²) in [6, 6.07) is 16.7. The van der Waals surface area contributed by atoms with Crippen molar-refractivity contribution >= 4 is 21.9 Å². The highest BCUT2D eigenvalue weighted by molar-refractivity contribution is 7.88. The molecule has 0 radical (unpaired) electrons. The van der Waals surface area contributed by atoms with Crippen LogP contribution in [-0.4, -0.2) is 47.2 Å². The van der Waals surface area contributed by atoms with Crippen molar-refractivity contribution in [2.45, 2.75) is 18.2 Å². The second-order valence-electron chi connectivity index (χ2n) is 6.44. The molecular weight excluding hydrogens is 380 g/mol. The highest BCUT2D eigenvalue weighted by atomic mass is 32.2. The average molecular weight is 400 g/mol. The van der Waals surface area contributed by atoms with Crippen LogP contribution in [0.5, 0.6) is 0 Å². The van der Waals surface area contributed by atoms with Gasteiger partial charge in [0.05, 0.1) is 5.75 Å². The summed E-state index contributed by atoms with van der Waals surface area (Å²) in [5.74, 6) is -1.99. The van der Waals surface area contributed by atoms with Gasteiger partial charge < -0.3 is 10.0 Å². The maximum Gasteiger partial charge on any atom is 0.323 e. The number of carboxylic acids is 1. The molecule has 146 valence electrons. The quantitative estimate of drug-likeness (QED) is 0.765. The summed E-state index contributed by atoms with van der Waals surface area (Å²) in [4.78, 5) is 25.0. The first-order chi connectivity index (χ1) is 13.4. The monoisotopic (exact) mass is 400 g/mol. The maximum atomic E-state index is 13.0. The Labute approximate surface area is 163 Å². The number of hydrogen-bond acceptors (Lipinski definition) is 4. The lowest BCUT2D eigenvalue weighted by Crippen LogP contribution is -2.52. The van der Waals surface area contributed by atoms with Gasteiger partial charge in [0, 0.05) is 18.8 Å². The highest BCUT2D eigenvalue weighted by Gasteiger charge is 2.38. The van der Waals surface area contributed by atoms with Gasteiger partial charge in [-0.25, -0.2) is 8.42 Å². The molecule has 0 bridgehead atoms. The van der Waals surface area contributed by atoms with Gasteiger partial charge in [-0.3, -0.25) is 13.9 Å². The SMILES string of the molecule is O=C(O)CN1C=CN(S(=O)(=O)Cc2ccccc2)C(Cc2ccccc2)C1=O. The predicted octanol–water partition coefficient (Wildman–Crippen LogP) is 1.83. The molecule has 0 aromatic heterocycles. The third-order valence-corrected chi connectivity index (χ3v) is 6.08. The van der Waals surface area contributed by atoms with E-state index in [9.17, 15) is 18.0 Å². The molecule has 1 heterocycles. The van der Waals surface area contributed by atoms with Crippen LogP contribution in [0.1, 0.15) is 11.1 Å². The molecular formula is C20H20N2O5S. The second kappa shape index (κ2) is 8.26. The fourth-order valence-electron chi connectivity index (χ4n) is 3.06. The standard InChI is InChI=1S/C20H20N2O5S/c23-19(24)14-21-11-12-22(28(26,27)15-17-9-5-2-6-10-17)18(20(21)25)13-16-7-3-1-4-8-16/h1-12,18H,13-15H2,(H,23,24). The number of rotatable bonds is 7. The minimum atomic E-state index is -3.84. The summed E-state index contributed by atoms with van der Waals surface area (Å²) in [5.41, 5.74) is 1.39. The van der Waals surface area contributed by atoms with Crippen LogP contribution >= 0.6 is 0 Å². The number of carbonyl (C=O) groups is 2. The normalized spacial score (nSPS) is 17.0. The highest BCUT2D eigenvalue weighted by Crippen LogP contribution is 2.23. The van der Waals surface area contributed by atoms with Gasteiger partial charge in [0.15, 0.2) is 0 Å². The zero-order chi connectivity index (χ0) is 20.1. The van der Waals surface area contributed by atoms with Crippen molar-refractivity contribution in [3.05, 3.63) is 84.2 Å². The number of carbonyl (C=O) groups excluding carboxylic acids is 1. The third-order valence-electron chi connectivity index (χ3n) is 4.36. The molecule has 28 heavy (non-hydrogen) atoms. The van der Waals surface area contributed by atoms with Crippen molar-refractivity contribution in [2.24, 2.45) is 0 Å². The largest absolute Gasteiger partial charge is 0.480 e. The third kappa shape index (κ3) is 4.58. The Hall–Kier alpha value is -3.13. The molecule has 1 unspecified atom stereocenters. The van der Waals surface area contributed by atoms with Crippen LogP contribution in [0, 0.1) is 0 Å². The van der Waals surface area contributed by atoms with Crippen molar-refractivity contribution < 1.29 is 23.1 Å². The van der Waals surface area contributed by atoms with Gasteiger partial charge in [-0.15, -0.1) is 0 Å². The van der Waals surface area contributed by atoms with Crippen molar-refractivity contribution in [1.29, 1.82) is 0 Å². The van der Waals surface area contributed by atoms with E-state index in [-0.39, 0.29) is 12.2 Å². The fraction of sp³-hybridized carbons (Fsp3) is 0.200. The minimum Gasteiger partial charge on any atom is -0.480 e. The van der Waals surface area contributed by atoms with Crippen LogP contribution in [0.2, 0.25) is 0 Å². The number of aliphatic carboxylic acids is 1. The summed E-state index contributed by atoms with van der Waals surface area (Å²) in [6.07, 6.45) is 2.63. The number of sulfonamides is 1. The van der Waals surface area contributed by atoms with Gasteiger partial charge in [-0.2, -0.15) is 0 Å². The summed E-state index contributed by atoms with van der Waals surface area (Å²) in [7, 11) is -3.84. The second-order valence-corrected chi connectivity index (χ2v) is 8.31. The maximum absolute atomic E-state index is 13.0. The van der Waals surface area contributed by atoms with Crippen molar-refractivity contribution in [3.8, 4) is 0 Å². The lowest BCUT2D eigenvalue weighted by Gasteiger charge is -2.35. The molecule has 1 amide bonds. The molecule has 8 heteroatoms. The molecule has 2 aromatic carbocycles. The van der Waals surface area contributed by atoms with Crippen LogP contribution in [0.3, 0.4) is 0 Å². The summed E-state index contributed by atoms with van der Waals surface area (Å²) in [5, 5.41) is 9.02. The number of hydrogen-bond donors (Lipinski definition) is 1. The predicted molar refractivity (Wildman–Crippen MR) is 103 cm³/mol. The molecule has 0 fully saturated rings. The van der Waals surface area contributed by atoms with Gasteiger partial charge in [0.1, 0.15) is 12.6 Å². The summed E-state index contributed by atoms with van der Waals surface area (Å²) >= 11 is 0. The average Bonchev–Trinajstić information content (AvgIpc) is 2.66. The van der Waals surface area contributed by atoms with Crippen LogP contribution in [0.25, 0.3) is 0 Å². The van der Waals surface area contributed by atoms with E-state index in [1.807, 2.05) is 6.07 Å². The molecule has 2 aromatic rings. The molecule has 1 atom stereocenters. The van der Waals surface area contributed by atoms with E-state index in [1.54, 1.807) is 54.6 Å². The molecule has 0 saturated carbocycles. The molecule has 0 saturated heterocycles. The van der Waals surface area contributed by atoms with E-state index in [0.29, 0.717) is 5.56 Å². The van der Waals surface area contributed by atoms with E-state index in [0.717, 1.165) is 14.8 Å². The van der Waals surface area contributed by atoms with Crippen LogP contribution in [0.15, 0.2) is 73.1 Å². The van der Waals surface area contributed by atoms with Crippen LogP contribution < -0.4 is 0 Å². The van der Waals surface area contributed by atoms with Gasteiger partial charge in [0.25, 0.3) is 5.91 Å². The first-order valence-corrected chi connectivity index (χ1v) is 10.3. The van der Waals surface area contributed by atoms with Crippen LogP contribution in [-0.2, 0) is 31.8 Å². The van der Waals surface area contributed by atoms with Crippen molar-refractivity contribution in [2.75, 3.05) is 6.54 Å². The lowest BCUT2D eigenvalue weighted by molar-refractivity contribution is -0.144. The van der Waals surface area contributed by atoms with Crippen LogP contribution in [0.4, 0.5) is 0 Å². The van der Waals surface area contributed by atoms with Gasteiger partial charge >= 0.3 is 5.97 Å². The van der Waals surface area contributed by atoms with E-state index >= 15 is 0 Å². The first kappa shape index (κ1) is 19.6. The zero-order valence-electron chi connectivity index (χ0n) is 15.0. The Kier molecular flexibility index (Phi) is 5.79. The summed E-state index contributed by atoms with van der Waals surface area (Å²) < 4.78 is 27.1. The first-order valence-electron chi connectivity index (χ1n) is 8.66. The number of carboxylic acid groups (broad SMARTS) is 1. The Morgan fingerprint density at radius 1 is 0.929 bits per heavy atom. The van der Waals surface area contributed by atoms with Gasteiger partial charge in [0.2, 0.25) is 10.0 Å². The zero-order valence-corrected chi connectivity index (χ0v) is 15.8. The topological polar surface area (TPSA) is 95.0 Å². The lowest BCUT2D eigenvalue weighted by atomic mass is 10.0. The number of nitrogens with zero attached hydrogens (tertiary/aromatic N) is 2. The van der Waals surface area contributed by atoms with Gasteiger partial charge in [-0.05, 0) is 11.1 Å². The molecule has 1 aliphatic heterocycles. The molecule has 0 aliphatic carbocycles. The smallest absolute Gasteiger partial charge is 0.323 e. The van der Waals surface area contributed by atoms with Crippen molar-refractivity contribution in [1.82, 2.24) is 9.21 Å². The molecule has 7 nitrogen and oxygen atoms in total. The van der Waals surface area contributed by atoms with E-state index in [1.165, 1.54) is 12.4 Å². The van der Waals surface area contributed by atoms with E-state index < -0.39 is 34.5 Å². The molecule has 1 aliphatic rings. The molecule has 0 spiro atoms. The Balaban J connectivity index is 1.93. The Morgan fingerprint density at radius 3 is 2.07 bits per heavy atom. The molecule has 3 rings (SSSR count). The van der Waals surface area contributed by atoms with Gasteiger partial charge in [-0.1, -0.05) is 60.7 Å².